The van der Waals surface area contributed by atoms with Gasteiger partial charge in [-0.2, -0.15) is 0 Å². The summed E-state index contributed by atoms with van der Waals surface area (Å²) in [4.78, 5) is 35.9. The van der Waals surface area contributed by atoms with Crippen molar-refractivity contribution in [2.75, 3.05) is 53.1 Å². The summed E-state index contributed by atoms with van der Waals surface area (Å²) in [6.07, 6.45) is 0.165. The summed E-state index contributed by atoms with van der Waals surface area (Å²) in [6, 6.07) is 16.8. The molecule has 3 aliphatic heterocycles. The molecule has 0 saturated carbocycles. The Labute approximate surface area is 238 Å². The van der Waals surface area contributed by atoms with Crippen molar-refractivity contribution in [3.8, 4) is 5.75 Å². The van der Waals surface area contributed by atoms with E-state index in [1.165, 1.54) is 11.8 Å². The zero-order chi connectivity index (χ0) is 27.9. The molecule has 0 unspecified atom stereocenters. The fourth-order valence-electron chi connectivity index (χ4n) is 5.00. The van der Waals surface area contributed by atoms with E-state index in [0.29, 0.717) is 28.7 Å². The van der Waals surface area contributed by atoms with E-state index in [1.807, 2.05) is 64.9 Å². The number of carbonyl (C=O) groups is 2. The van der Waals surface area contributed by atoms with Gasteiger partial charge in [0.15, 0.2) is 5.17 Å². The van der Waals surface area contributed by atoms with E-state index in [-0.39, 0.29) is 18.9 Å². The van der Waals surface area contributed by atoms with E-state index in [0.717, 1.165) is 49.7 Å². The first-order valence-electron chi connectivity index (χ1n) is 13.5. The predicted molar refractivity (Wildman–Crippen MR) is 156 cm³/mol. The molecule has 210 valence electrons. The van der Waals surface area contributed by atoms with E-state index in [9.17, 15) is 9.59 Å². The van der Waals surface area contributed by atoms with E-state index in [2.05, 4.69) is 10.2 Å². The zero-order valence-corrected chi connectivity index (χ0v) is 23.6. The molecule has 1 atom stereocenters. The van der Waals surface area contributed by atoms with Gasteiger partial charge in [0.1, 0.15) is 5.75 Å². The van der Waals surface area contributed by atoms with Crippen LogP contribution in [-0.2, 0) is 19.1 Å². The Balaban J connectivity index is 1.45. The largest absolute Gasteiger partial charge is 0.497 e. The third-order valence-electron chi connectivity index (χ3n) is 6.98. The minimum Gasteiger partial charge on any atom is -0.497 e. The molecular weight excluding hydrogens is 528 g/mol. The number of hydrogen-bond donors (Lipinski definition) is 1. The van der Waals surface area contributed by atoms with Crippen molar-refractivity contribution < 1.29 is 23.8 Å². The fraction of sp³-hybridized carbons (Fsp3) is 0.367. The van der Waals surface area contributed by atoms with Crippen LogP contribution in [0.5, 0.6) is 5.75 Å². The average molecular weight is 563 g/mol. The number of aliphatic imine (C=N–C) groups is 1. The third-order valence-corrected chi connectivity index (χ3v) is 7.87. The number of nitrogens with zero attached hydrogens (tertiary/aromatic N) is 3. The highest BCUT2D eigenvalue weighted by molar-refractivity contribution is 8.16. The van der Waals surface area contributed by atoms with Crippen LogP contribution < -0.4 is 10.1 Å². The van der Waals surface area contributed by atoms with Crippen molar-refractivity contribution in [3.05, 3.63) is 82.4 Å². The van der Waals surface area contributed by atoms with Crippen LogP contribution in [0.4, 0.5) is 0 Å². The first-order valence-corrected chi connectivity index (χ1v) is 14.4. The second-order valence-corrected chi connectivity index (χ2v) is 10.3. The molecular formula is C30H34N4O5S. The Kier molecular flexibility index (Phi) is 9.20. The van der Waals surface area contributed by atoms with Crippen LogP contribution in [0.25, 0.3) is 5.70 Å². The Morgan fingerprint density at radius 1 is 1.10 bits per heavy atom. The molecule has 0 aromatic heterocycles. The predicted octanol–water partition coefficient (Wildman–Crippen LogP) is 3.81. The van der Waals surface area contributed by atoms with Crippen LogP contribution in [0.2, 0.25) is 0 Å². The molecule has 3 aliphatic rings. The van der Waals surface area contributed by atoms with Gasteiger partial charge in [0.25, 0.3) is 0 Å². The maximum Gasteiger partial charge on any atom is 0.338 e. The summed E-state index contributed by atoms with van der Waals surface area (Å²) in [5.41, 5.74) is 3.48. The molecule has 1 amide bonds. The summed E-state index contributed by atoms with van der Waals surface area (Å²) in [5.74, 6) is 0.200. The Bertz CT molecular complexity index is 1300. The average Bonchev–Trinajstić information content (AvgIpc) is 3.39. The maximum absolute atomic E-state index is 13.6. The number of methoxy groups -OCH3 is 1. The van der Waals surface area contributed by atoms with Gasteiger partial charge < -0.3 is 24.4 Å². The summed E-state index contributed by atoms with van der Waals surface area (Å²) in [5, 5.41) is 5.72. The molecule has 0 aliphatic carbocycles. The van der Waals surface area contributed by atoms with Crippen molar-refractivity contribution in [1.82, 2.24) is 15.1 Å². The highest BCUT2D eigenvalue weighted by Gasteiger charge is 2.42. The van der Waals surface area contributed by atoms with Crippen molar-refractivity contribution in [3.63, 3.8) is 0 Å². The van der Waals surface area contributed by atoms with E-state index < -0.39 is 12.0 Å². The minimum absolute atomic E-state index is 0.0784. The number of ether oxygens (including phenoxy) is 3. The number of esters is 1. The van der Waals surface area contributed by atoms with Crippen LogP contribution >= 0.6 is 11.8 Å². The molecule has 1 N–H and O–H groups in total. The van der Waals surface area contributed by atoms with Gasteiger partial charge in [-0.25, -0.2) is 9.79 Å². The van der Waals surface area contributed by atoms with Gasteiger partial charge in [-0.3, -0.25) is 9.69 Å². The van der Waals surface area contributed by atoms with E-state index >= 15 is 0 Å². The molecule has 0 bridgehead atoms. The van der Waals surface area contributed by atoms with Crippen molar-refractivity contribution in [1.29, 1.82) is 0 Å². The van der Waals surface area contributed by atoms with Gasteiger partial charge in [-0.1, -0.05) is 54.2 Å². The number of rotatable bonds is 10. The zero-order valence-electron chi connectivity index (χ0n) is 22.8. The molecule has 1 saturated heterocycles. The molecule has 0 radical (unpaired) electrons. The summed E-state index contributed by atoms with van der Waals surface area (Å²) in [7, 11) is 1.62. The van der Waals surface area contributed by atoms with Crippen molar-refractivity contribution in [2.24, 2.45) is 4.99 Å². The molecule has 3 heterocycles. The van der Waals surface area contributed by atoms with Crippen LogP contribution in [0.1, 0.15) is 30.5 Å². The molecule has 1 fully saturated rings. The van der Waals surface area contributed by atoms with Gasteiger partial charge in [0.2, 0.25) is 5.91 Å². The van der Waals surface area contributed by atoms with Crippen LogP contribution in [-0.4, -0.2) is 80.0 Å². The SMILES string of the molecule is CCOC(=O)C1=C(c2ccccc2)N=C2SC=C(CC(=O)NCCN3CCOCC3)N2[C@H]1c1ccc(OC)cc1. The molecule has 10 heteroatoms. The third kappa shape index (κ3) is 6.24. The Morgan fingerprint density at radius 3 is 2.55 bits per heavy atom. The fourth-order valence-corrected chi connectivity index (χ4v) is 5.91. The van der Waals surface area contributed by atoms with Gasteiger partial charge >= 0.3 is 5.97 Å². The molecule has 40 heavy (non-hydrogen) atoms. The minimum atomic E-state index is -0.532. The van der Waals surface area contributed by atoms with Gasteiger partial charge in [-0.05, 0) is 30.0 Å². The monoisotopic (exact) mass is 562 g/mol. The van der Waals surface area contributed by atoms with Crippen molar-refractivity contribution >= 4 is 34.5 Å². The number of carbonyl (C=O) groups excluding carboxylic acids is 2. The first kappa shape index (κ1) is 27.9. The number of amidine groups is 1. The quantitative estimate of drug-likeness (QED) is 0.437. The van der Waals surface area contributed by atoms with Gasteiger partial charge in [-0.15, -0.1) is 0 Å². The molecule has 0 spiro atoms. The van der Waals surface area contributed by atoms with Crippen LogP contribution in [0.15, 0.2) is 76.3 Å². The Hall–Kier alpha value is -3.60. The number of benzene rings is 2. The second kappa shape index (κ2) is 13.2. The van der Waals surface area contributed by atoms with Crippen LogP contribution in [0, 0.1) is 0 Å². The van der Waals surface area contributed by atoms with Crippen molar-refractivity contribution in [2.45, 2.75) is 19.4 Å². The van der Waals surface area contributed by atoms with E-state index in [1.54, 1.807) is 14.0 Å². The highest BCUT2D eigenvalue weighted by atomic mass is 32.2. The highest BCUT2D eigenvalue weighted by Crippen LogP contribution is 2.47. The first-order chi connectivity index (χ1) is 19.6. The lowest BCUT2D eigenvalue weighted by atomic mass is 9.91. The number of fused-ring (bicyclic) bond motifs is 1. The van der Waals surface area contributed by atoms with E-state index in [4.69, 9.17) is 19.2 Å². The maximum atomic E-state index is 13.6. The lowest BCUT2D eigenvalue weighted by Gasteiger charge is -2.37. The summed E-state index contributed by atoms with van der Waals surface area (Å²) >= 11 is 1.46. The van der Waals surface area contributed by atoms with Gasteiger partial charge in [0.05, 0.1) is 50.7 Å². The standard InChI is InChI=1S/C30H34N4O5S/c1-3-39-29(36)26-27(21-7-5-4-6-8-21)32-30-34(28(26)22-9-11-24(37-2)12-10-22)23(20-40-30)19-25(35)31-13-14-33-15-17-38-18-16-33/h4-12,20,28H,3,13-19H2,1-2H3,(H,31,35)/t28-/m0/s1. The smallest absolute Gasteiger partial charge is 0.338 e. The number of hydrogen-bond acceptors (Lipinski definition) is 9. The number of nitrogens with one attached hydrogen (secondary N) is 1. The topological polar surface area (TPSA) is 92.7 Å². The Morgan fingerprint density at radius 2 is 1.85 bits per heavy atom. The number of amides is 1. The molecule has 2 aromatic rings. The lowest BCUT2D eigenvalue weighted by Crippen LogP contribution is -2.42. The molecule has 2 aromatic carbocycles. The molecule has 9 nitrogen and oxygen atoms in total. The van der Waals surface area contributed by atoms with Crippen LogP contribution in [0.3, 0.4) is 0 Å². The second-order valence-electron chi connectivity index (χ2n) is 9.50. The normalized spacial score (nSPS) is 19.1. The van der Waals surface area contributed by atoms with Gasteiger partial charge in [0, 0.05) is 37.4 Å². The summed E-state index contributed by atoms with van der Waals surface area (Å²) < 4.78 is 16.4. The molecule has 5 rings (SSSR count). The summed E-state index contributed by atoms with van der Waals surface area (Å²) in [6.45, 7) is 6.58. The lowest BCUT2D eigenvalue weighted by molar-refractivity contribution is -0.139. The number of thioether (sulfide) groups is 1. The number of morpholine rings is 1.